The normalized spacial score (nSPS) is 14.8. The van der Waals surface area contributed by atoms with Gasteiger partial charge in [0.25, 0.3) is 0 Å². The summed E-state index contributed by atoms with van der Waals surface area (Å²) in [5, 5.41) is 0. The lowest BCUT2D eigenvalue weighted by Gasteiger charge is -2.37. The number of anilines is 3. The van der Waals surface area contributed by atoms with Gasteiger partial charge in [0.1, 0.15) is 5.82 Å². The molecule has 1 aliphatic rings. The van der Waals surface area contributed by atoms with Crippen LogP contribution in [0.4, 0.5) is 17.5 Å². The summed E-state index contributed by atoms with van der Waals surface area (Å²) >= 11 is 0. The molecule has 24 heavy (non-hydrogen) atoms. The van der Waals surface area contributed by atoms with Crippen molar-refractivity contribution in [2.24, 2.45) is 0 Å². The summed E-state index contributed by atoms with van der Waals surface area (Å²) in [6.45, 7) is 12.3. The summed E-state index contributed by atoms with van der Waals surface area (Å²) in [6.07, 6.45) is 1.88. The van der Waals surface area contributed by atoms with Crippen molar-refractivity contribution in [1.29, 1.82) is 0 Å². The van der Waals surface area contributed by atoms with E-state index < -0.39 is 0 Å². The fourth-order valence-electron chi connectivity index (χ4n) is 3.19. The van der Waals surface area contributed by atoms with Gasteiger partial charge in [0.2, 0.25) is 5.95 Å². The van der Waals surface area contributed by atoms with Gasteiger partial charge >= 0.3 is 0 Å². The molecule has 1 aliphatic heterocycles. The first-order chi connectivity index (χ1) is 11.7. The zero-order chi connectivity index (χ0) is 16.9. The Bertz CT molecular complexity index is 660. The van der Waals surface area contributed by atoms with Crippen molar-refractivity contribution >= 4 is 17.5 Å². The van der Waals surface area contributed by atoms with Gasteiger partial charge in [0.15, 0.2) is 0 Å². The zero-order valence-corrected chi connectivity index (χ0v) is 14.9. The number of piperazine rings is 1. The highest BCUT2D eigenvalue weighted by molar-refractivity contribution is 5.51. The molecule has 0 bridgehead atoms. The molecular weight excluding hydrogens is 298 g/mol. The maximum atomic E-state index is 4.77. The van der Waals surface area contributed by atoms with E-state index in [4.69, 9.17) is 4.98 Å². The van der Waals surface area contributed by atoms with Crippen molar-refractivity contribution in [2.45, 2.75) is 20.8 Å². The predicted molar refractivity (Wildman–Crippen MR) is 101 cm³/mol. The fraction of sp³-hybridized carbons (Fsp3) is 0.474. The smallest absolute Gasteiger partial charge is 0.227 e. The average Bonchev–Trinajstić information content (AvgIpc) is 2.63. The van der Waals surface area contributed by atoms with E-state index in [-0.39, 0.29) is 0 Å². The van der Waals surface area contributed by atoms with E-state index in [1.54, 1.807) is 0 Å². The molecule has 128 valence electrons. The Morgan fingerprint density at radius 1 is 1.00 bits per heavy atom. The molecule has 3 rings (SSSR count). The Labute approximate surface area is 144 Å². The molecule has 0 aliphatic carbocycles. The van der Waals surface area contributed by atoms with Crippen LogP contribution in [0.5, 0.6) is 0 Å². The highest BCUT2D eigenvalue weighted by atomic mass is 15.3. The van der Waals surface area contributed by atoms with Crippen LogP contribution in [0.25, 0.3) is 0 Å². The van der Waals surface area contributed by atoms with Crippen LogP contribution in [0.3, 0.4) is 0 Å². The predicted octanol–water partition coefficient (Wildman–Crippen LogP) is 2.96. The summed E-state index contributed by atoms with van der Waals surface area (Å²) in [5.41, 5.74) is 2.63. The van der Waals surface area contributed by atoms with E-state index >= 15 is 0 Å². The molecule has 2 aromatic rings. The van der Waals surface area contributed by atoms with Gasteiger partial charge in [-0.05, 0) is 44.5 Å². The van der Waals surface area contributed by atoms with Crippen molar-refractivity contribution in [3.63, 3.8) is 0 Å². The molecule has 0 spiro atoms. The van der Waals surface area contributed by atoms with Gasteiger partial charge in [0, 0.05) is 51.2 Å². The van der Waals surface area contributed by atoms with Gasteiger partial charge in [-0.15, -0.1) is 0 Å². The number of benzene rings is 1. The van der Waals surface area contributed by atoms with E-state index in [0.29, 0.717) is 0 Å². The standard InChI is InChI=1S/C19H27N5/c1-4-22(5-2)19-20-10-9-18(21-19)24-13-11-23(12-14-24)17-8-6-7-16(3)15-17/h6-10,15H,4-5,11-14H2,1-3H3. The van der Waals surface area contributed by atoms with Crippen molar-refractivity contribution in [2.75, 3.05) is 54.0 Å². The SMILES string of the molecule is CCN(CC)c1nccc(N2CCN(c3cccc(C)c3)CC2)n1. The lowest BCUT2D eigenvalue weighted by atomic mass is 10.2. The second kappa shape index (κ2) is 7.51. The summed E-state index contributed by atoms with van der Waals surface area (Å²) in [4.78, 5) is 16.2. The van der Waals surface area contributed by atoms with Gasteiger partial charge in [-0.3, -0.25) is 0 Å². The van der Waals surface area contributed by atoms with Crippen LogP contribution < -0.4 is 14.7 Å². The average molecular weight is 325 g/mol. The van der Waals surface area contributed by atoms with Crippen LogP contribution in [0.2, 0.25) is 0 Å². The lowest BCUT2D eigenvalue weighted by molar-refractivity contribution is 0.645. The first-order valence-electron chi connectivity index (χ1n) is 8.85. The number of aromatic nitrogens is 2. The number of rotatable bonds is 5. The molecular formula is C19H27N5. The van der Waals surface area contributed by atoms with Gasteiger partial charge in [0.05, 0.1) is 0 Å². The maximum Gasteiger partial charge on any atom is 0.227 e. The Morgan fingerprint density at radius 2 is 1.71 bits per heavy atom. The molecule has 1 saturated heterocycles. The minimum absolute atomic E-state index is 0.832. The summed E-state index contributed by atoms with van der Waals surface area (Å²) < 4.78 is 0. The van der Waals surface area contributed by atoms with Gasteiger partial charge in [-0.2, -0.15) is 4.98 Å². The van der Waals surface area contributed by atoms with Crippen molar-refractivity contribution in [3.05, 3.63) is 42.1 Å². The Balaban J connectivity index is 1.67. The van der Waals surface area contributed by atoms with Gasteiger partial charge in [-0.25, -0.2) is 4.98 Å². The van der Waals surface area contributed by atoms with Crippen LogP contribution >= 0.6 is 0 Å². The highest BCUT2D eigenvalue weighted by Gasteiger charge is 2.19. The third-order valence-electron chi connectivity index (χ3n) is 4.64. The topological polar surface area (TPSA) is 35.5 Å². The third-order valence-corrected chi connectivity index (χ3v) is 4.64. The quantitative estimate of drug-likeness (QED) is 0.844. The molecule has 0 atom stereocenters. The minimum Gasteiger partial charge on any atom is -0.368 e. The number of nitrogens with zero attached hydrogens (tertiary/aromatic N) is 5. The van der Waals surface area contributed by atoms with Gasteiger partial charge < -0.3 is 14.7 Å². The second-order valence-corrected chi connectivity index (χ2v) is 6.20. The van der Waals surface area contributed by atoms with E-state index in [9.17, 15) is 0 Å². The first-order valence-corrected chi connectivity index (χ1v) is 8.85. The Hall–Kier alpha value is -2.30. The monoisotopic (exact) mass is 325 g/mol. The van der Waals surface area contributed by atoms with E-state index in [1.807, 2.05) is 12.3 Å². The van der Waals surface area contributed by atoms with Crippen LogP contribution in [0.1, 0.15) is 19.4 Å². The van der Waals surface area contributed by atoms with Crippen molar-refractivity contribution < 1.29 is 0 Å². The Kier molecular flexibility index (Phi) is 5.18. The molecule has 0 saturated carbocycles. The molecule has 1 fully saturated rings. The highest BCUT2D eigenvalue weighted by Crippen LogP contribution is 2.21. The second-order valence-electron chi connectivity index (χ2n) is 6.20. The van der Waals surface area contributed by atoms with Crippen molar-refractivity contribution in [3.8, 4) is 0 Å². The molecule has 5 heteroatoms. The maximum absolute atomic E-state index is 4.77. The molecule has 1 aromatic carbocycles. The summed E-state index contributed by atoms with van der Waals surface area (Å²) in [6, 6.07) is 10.8. The zero-order valence-electron chi connectivity index (χ0n) is 14.9. The van der Waals surface area contributed by atoms with Crippen LogP contribution in [0.15, 0.2) is 36.5 Å². The lowest BCUT2D eigenvalue weighted by Crippen LogP contribution is -2.47. The van der Waals surface area contributed by atoms with Crippen molar-refractivity contribution in [1.82, 2.24) is 9.97 Å². The molecule has 0 N–H and O–H groups in total. The van der Waals surface area contributed by atoms with E-state index in [0.717, 1.165) is 51.0 Å². The summed E-state index contributed by atoms with van der Waals surface area (Å²) in [5.74, 6) is 1.87. The third kappa shape index (κ3) is 3.61. The summed E-state index contributed by atoms with van der Waals surface area (Å²) in [7, 11) is 0. The first kappa shape index (κ1) is 16.6. The van der Waals surface area contributed by atoms with Gasteiger partial charge in [-0.1, -0.05) is 12.1 Å². The Morgan fingerprint density at radius 3 is 2.38 bits per heavy atom. The molecule has 0 radical (unpaired) electrons. The van der Waals surface area contributed by atoms with Crippen LogP contribution in [-0.2, 0) is 0 Å². The molecule has 5 nitrogen and oxygen atoms in total. The van der Waals surface area contributed by atoms with E-state index in [1.165, 1.54) is 11.3 Å². The largest absolute Gasteiger partial charge is 0.368 e. The number of hydrogen-bond acceptors (Lipinski definition) is 5. The number of aryl methyl sites for hydroxylation is 1. The molecule has 0 unspecified atom stereocenters. The fourth-order valence-corrected chi connectivity index (χ4v) is 3.19. The minimum atomic E-state index is 0.832. The molecule has 0 amide bonds. The van der Waals surface area contributed by atoms with Crippen LogP contribution in [0, 0.1) is 6.92 Å². The molecule has 1 aromatic heterocycles. The van der Waals surface area contributed by atoms with E-state index in [2.05, 4.69) is 64.7 Å². The molecule has 2 heterocycles. The number of hydrogen-bond donors (Lipinski definition) is 0. The van der Waals surface area contributed by atoms with Crippen LogP contribution in [-0.4, -0.2) is 49.2 Å².